The van der Waals surface area contributed by atoms with Crippen molar-refractivity contribution in [3.63, 3.8) is 0 Å². The molecule has 2 N–H and O–H groups in total. The molecule has 7 heteroatoms. The number of aromatic nitrogens is 2. The first kappa shape index (κ1) is 15.4. The van der Waals surface area contributed by atoms with Crippen LogP contribution < -0.4 is 5.32 Å². The van der Waals surface area contributed by atoms with Crippen molar-refractivity contribution in [2.45, 2.75) is 32.0 Å². The molecule has 0 aliphatic carbocycles. The predicted molar refractivity (Wildman–Crippen MR) is 75.9 cm³/mol. The molecule has 0 radical (unpaired) electrons. The Morgan fingerprint density at radius 3 is 2.90 bits per heavy atom. The van der Waals surface area contributed by atoms with Crippen LogP contribution in [-0.2, 0) is 16.1 Å². The van der Waals surface area contributed by atoms with Gasteiger partial charge < -0.3 is 19.9 Å². The minimum Gasteiger partial charge on any atom is -0.388 e. The quantitative estimate of drug-likeness (QED) is 0.778. The first-order chi connectivity index (χ1) is 9.61. The Hall–Kier alpha value is -0.950. The van der Waals surface area contributed by atoms with E-state index in [1.165, 1.54) is 0 Å². The molecule has 1 fully saturated rings. The molecule has 20 heavy (non-hydrogen) atoms. The average molecular weight is 302 g/mol. The summed E-state index contributed by atoms with van der Waals surface area (Å²) in [7, 11) is 0. The number of ether oxygens (including phenoxy) is 2. The van der Waals surface area contributed by atoms with E-state index in [1.54, 1.807) is 6.07 Å². The molecule has 1 aromatic heterocycles. The van der Waals surface area contributed by atoms with Crippen molar-refractivity contribution in [2.75, 3.05) is 31.7 Å². The Kier molecular flexibility index (Phi) is 5.54. The predicted octanol–water partition coefficient (Wildman–Crippen LogP) is 1.62. The zero-order chi connectivity index (χ0) is 14.4. The van der Waals surface area contributed by atoms with Crippen LogP contribution >= 0.6 is 11.6 Å². The lowest BCUT2D eigenvalue weighted by Crippen LogP contribution is -2.42. The van der Waals surface area contributed by atoms with Crippen molar-refractivity contribution in [1.82, 2.24) is 9.97 Å². The van der Waals surface area contributed by atoms with Crippen LogP contribution in [0.1, 0.15) is 25.6 Å². The summed E-state index contributed by atoms with van der Waals surface area (Å²) in [5.74, 6) is 1.13. The van der Waals surface area contributed by atoms with Crippen molar-refractivity contribution >= 4 is 17.4 Å². The minimum absolute atomic E-state index is 0.323. The van der Waals surface area contributed by atoms with Crippen LogP contribution in [0.5, 0.6) is 0 Å². The van der Waals surface area contributed by atoms with E-state index in [0.29, 0.717) is 62.6 Å². The van der Waals surface area contributed by atoms with Crippen LogP contribution in [0.2, 0.25) is 5.15 Å². The SMILES string of the molecule is CCOCc1nc(Cl)cc(NCC2(O)CCOCC2)n1. The topological polar surface area (TPSA) is 76.5 Å². The van der Waals surface area contributed by atoms with Gasteiger partial charge in [-0.3, -0.25) is 0 Å². The van der Waals surface area contributed by atoms with Crippen molar-refractivity contribution < 1.29 is 14.6 Å². The van der Waals surface area contributed by atoms with Gasteiger partial charge in [0.05, 0.1) is 5.60 Å². The molecular weight excluding hydrogens is 282 g/mol. The van der Waals surface area contributed by atoms with Gasteiger partial charge in [-0.05, 0) is 6.92 Å². The van der Waals surface area contributed by atoms with Gasteiger partial charge in [0, 0.05) is 45.3 Å². The molecule has 1 aliphatic rings. The van der Waals surface area contributed by atoms with Crippen molar-refractivity contribution in [3.05, 3.63) is 17.0 Å². The molecule has 112 valence electrons. The number of hydrogen-bond acceptors (Lipinski definition) is 6. The van der Waals surface area contributed by atoms with Crippen LogP contribution in [0, 0.1) is 0 Å². The summed E-state index contributed by atoms with van der Waals surface area (Å²) in [6.07, 6.45) is 1.23. The second-order valence-corrected chi connectivity index (χ2v) is 5.21. The highest BCUT2D eigenvalue weighted by Crippen LogP contribution is 2.21. The molecule has 2 heterocycles. The molecule has 0 saturated carbocycles. The van der Waals surface area contributed by atoms with Gasteiger partial charge in [0.2, 0.25) is 0 Å². The first-order valence-electron chi connectivity index (χ1n) is 6.76. The molecule has 1 aromatic rings. The third-order valence-corrected chi connectivity index (χ3v) is 3.39. The van der Waals surface area contributed by atoms with E-state index < -0.39 is 5.60 Å². The Morgan fingerprint density at radius 1 is 1.45 bits per heavy atom. The van der Waals surface area contributed by atoms with E-state index in [9.17, 15) is 5.11 Å². The van der Waals surface area contributed by atoms with Crippen molar-refractivity contribution in [1.29, 1.82) is 0 Å². The molecule has 0 aromatic carbocycles. The summed E-state index contributed by atoms with van der Waals surface area (Å²) in [6.45, 7) is 4.40. The zero-order valence-electron chi connectivity index (χ0n) is 11.6. The average Bonchev–Trinajstić information content (AvgIpc) is 2.43. The van der Waals surface area contributed by atoms with E-state index in [-0.39, 0.29) is 0 Å². The highest BCUT2D eigenvalue weighted by Gasteiger charge is 2.29. The number of nitrogens with zero attached hydrogens (tertiary/aromatic N) is 2. The molecular formula is C13H20ClN3O3. The highest BCUT2D eigenvalue weighted by atomic mass is 35.5. The normalized spacial score (nSPS) is 17.9. The van der Waals surface area contributed by atoms with Gasteiger partial charge in [-0.25, -0.2) is 9.97 Å². The van der Waals surface area contributed by atoms with Crippen LogP contribution in [-0.4, -0.2) is 47.0 Å². The first-order valence-corrected chi connectivity index (χ1v) is 7.14. The molecule has 1 aliphatic heterocycles. The summed E-state index contributed by atoms with van der Waals surface area (Å²) < 4.78 is 10.5. The molecule has 0 amide bonds. The fourth-order valence-electron chi connectivity index (χ4n) is 2.00. The third-order valence-electron chi connectivity index (χ3n) is 3.20. The maximum atomic E-state index is 10.4. The van der Waals surface area contributed by atoms with E-state index in [2.05, 4.69) is 15.3 Å². The Morgan fingerprint density at radius 2 is 2.20 bits per heavy atom. The van der Waals surface area contributed by atoms with Crippen LogP contribution in [0.15, 0.2) is 6.07 Å². The van der Waals surface area contributed by atoms with Crippen molar-refractivity contribution in [2.24, 2.45) is 0 Å². The van der Waals surface area contributed by atoms with E-state index in [0.717, 1.165) is 0 Å². The lowest BCUT2D eigenvalue weighted by atomic mass is 9.94. The second-order valence-electron chi connectivity index (χ2n) is 4.82. The molecule has 0 unspecified atom stereocenters. The third kappa shape index (κ3) is 4.56. The number of aliphatic hydroxyl groups is 1. The van der Waals surface area contributed by atoms with Crippen LogP contribution in [0.3, 0.4) is 0 Å². The van der Waals surface area contributed by atoms with Crippen LogP contribution in [0.4, 0.5) is 5.82 Å². The summed E-state index contributed by atoms with van der Waals surface area (Å²) in [5.41, 5.74) is -0.754. The number of rotatable bonds is 6. The molecule has 0 spiro atoms. The van der Waals surface area contributed by atoms with E-state index in [1.807, 2.05) is 6.92 Å². The fourth-order valence-corrected chi connectivity index (χ4v) is 2.20. The minimum atomic E-state index is -0.754. The summed E-state index contributed by atoms with van der Waals surface area (Å²) in [6, 6.07) is 1.64. The summed E-state index contributed by atoms with van der Waals surface area (Å²) in [4.78, 5) is 8.40. The fraction of sp³-hybridized carbons (Fsp3) is 0.692. The van der Waals surface area contributed by atoms with Gasteiger partial charge in [-0.15, -0.1) is 0 Å². The Labute approximate surface area is 123 Å². The Bertz CT molecular complexity index is 439. The Balaban J connectivity index is 1.96. The van der Waals surface area contributed by atoms with Crippen LogP contribution in [0.25, 0.3) is 0 Å². The van der Waals surface area contributed by atoms with Gasteiger partial charge in [0.15, 0.2) is 5.82 Å². The van der Waals surface area contributed by atoms with Gasteiger partial charge >= 0.3 is 0 Å². The van der Waals surface area contributed by atoms with Crippen molar-refractivity contribution in [3.8, 4) is 0 Å². The number of halogens is 1. The maximum absolute atomic E-state index is 10.4. The lowest BCUT2D eigenvalue weighted by Gasteiger charge is -2.32. The number of anilines is 1. The molecule has 0 bridgehead atoms. The smallest absolute Gasteiger partial charge is 0.158 e. The van der Waals surface area contributed by atoms with Gasteiger partial charge in [-0.1, -0.05) is 11.6 Å². The molecule has 0 atom stereocenters. The largest absolute Gasteiger partial charge is 0.388 e. The summed E-state index contributed by atoms with van der Waals surface area (Å²) in [5, 5.41) is 13.8. The molecule has 6 nitrogen and oxygen atoms in total. The van der Waals surface area contributed by atoms with Gasteiger partial charge in [-0.2, -0.15) is 0 Å². The zero-order valence-corrected chi connectivity index (χ0v) is 12.3. The van der Waals surface area contributed by atoms with E-state index in [4.69, 9.17) is 21.1 Å². The monoisotopic (exact) mass is 301 g/mol. The second kappa shape index (κ2) is 7.17. The van der Waals surface area contributed by atoms with E-state index >= 15 is 0 Å². The molecule has 2 rings (SSSR count). The number of hydrogen-bond donors (Lipinski definition) is 2. The lowest BCUT2D eigenvalue weighted by molar-refractivity contribution is -0.0543. The number of nitrogens with one attached hydrogen (secondary N) is 1. The van der Waals surface area contributed by atoms with Gasteiger partial charge in [0.25, 0.3) is 0 Å². The highest BCUT2D eigenvalue weighted by molar-refractivity contribution is 6.29. The standard InChI is InChI=1S/C13H20ClN3O3/c1-2-19-8-12-16-10(14)7-11(17-12)15-9-13(18)3-5-20-6-4-13/h7,18H,2-6,8-9H2,1H3,(H,15,16,17). The maximum Gasteiger partial charge on any atom is 0.158 e. The summed E-state index contributed by atoms with van der Waals surface area (Å²) >= 11 is 5.96. The molecule has 1 saturated heterocycles. The van der Waals surface area contributed by atoms with Gasteiger partial charge in [0.1, 0.15) is 17.6 Å².